The van der Waals surface area contributed by atoms with E-state index in [9.17, 15) is 0 Å². The summed E-state index contributed by atoms with van der Waals surface area (Å²) in [5.41, 5.74) is 4.45. The van der Waals surface area contributed by atoms with Crippen molar-refractivity contribution < 1.29 is 0 Å². The number of aromatic nitrogens is 2. The Hall–Kier alpha value is -1.94. The van der Waals surface area contributed by atoms with Gasteiger partial charge in [0.2, 0.25) is 0 Å². The maximum absolute atomic E-state index is 4.74. The number of anilines is 1. The van der Waals surface area contributed by atoms with Crippen LogP contribution in [-0.4, -0.2) is 23.6 Å². The number of pyridine rings is 2. The summed E-state index contributed by atoms with van der Waals surface area (Å²) in [7, 11) is 1.95. The molecule has 0 fully saturated rings. The molecule has 0 bridgehead atoms. The number of hydrogen-bond donors (Lipinski definition) is 1. The Bertz CT molecular complexity index is 595. The van der Waals surface area contributed by atoms with Crippen LogP contribution in [0.2, 0.25) is 0 Å². The Morgan fingerprint density at radius 1 is 1.10 bits per heavy atom. The van der Waals surface area contributed by atoms with E-state index >= 15 is 0 Å². The molecule has 0 aliphatic heterocycles. The van der Waals surface area contributed by atoms with E-state index in [1.54, 1.807) is 0 Å². The van der Waals surface area contributed by atoms with Gasteiger partial charge in [0.05, 0.1) is 12.2 Å². The predicted molar refractivity (Wildman–Crippen MR) is 87.4 cm³/mol. The molecule has 4 heteroatoms. The maximum atomic E-state index is 4.74. The monoisotopic (exact) mass is 284 g/mol. The van der Waals surface area contributed by atoms with Crippen LogP contribution in [0.5, 0.6) is 0 Å². The summed E-state index contributed by atoms with van der Waals surface area (Å²) < 4.78 is 0. The lowest BCUT2D eigenvalue weighted by molar-refractivity contribution is 0.775. The number of nitrogens with zero attached hydrogens (tertiary/aromatic N) is 3. The van der Waals surface area contributed by atoms with E-state index in [1.807, 2.05) is 20.0 Å². The molecule has 0 aliphatic rings. The van der Waals surface area contributed by atoms with Gasteiger partial charge in [0.25, 0.3) is 0 Å². The molecule has 0 aliphatic carbocycles. The lowest BCUT2D eigenvalue weighted by atomic mass is 10.2. The number of nitrogens with one attached hydrogen (secondary N) is 1. The second kappa shape index (κ2) is 7.18. The van der Waals surface area contributed by atoms with Crippen LogP contribution in [-0.2, 0) is 13.1 Å². The van der Waals surface area contributed by atoms with E-state index in [2.05, 4.69) is 53.3 Å². The third kappa shape index (κ3) is 4.02. The van der Waals surface area contributed by atoms with Gasteiger partial charge < -0.3 is 10.2 Å². The molecule has 4 nitrogen and oxygen atoms in total. The first-order valence-electron chi connectivity index (χ1n) is 7.42. The molecular formula is C17H24N4. The molecule has 2 heterocycles. The minimum absolute atomic E-state index is 0.788. The zero-order valence-electron chi connectivity index (χ0n) is 13.3. The highest BCUT2D eigenvalue weighted by atomic mass is 15.2. The van der Waals surface area contributed by atoms with E-state index in [1.165, 1.54) is 5.56 Å². The fraction of sp³-hybridized carbons (Fsp3) is 0.412. The summed E-state index contributed by atoms with van der Waals surface area (Å²) in [5, 5.41) is 3.17. The van der Waals surface area contributed by atoms with Crippen LogP contribution in [0.3, 0.4) is 0 Å². The van der Waals surface area contributed by atoms with E-state index in [-0.39, 0.29) is 0 Å². The van der Waals surface area contributed by atoms with Gasteiger partial charge in [-0.2, -0.15) is 0 Å². The predicted octanol–water partition coefficient (Wildman–Crippen LogP) is 2.84. The highest BCUT2D eigenvalue weighted by Crippen LogP contribution is 2.17. The zero-order chi connectivity index (χ0) is 15.2. The quantitative estimate of drug-likeness (QED) is 0.885. The maximum Gasteiger partial charge on any atom is 0.129 e. The third-order valence-corrected chi connectivity index (χ3v) is 3.55. The summed E-state index contributed by atoms with van der Waals surface area (Å²) in [6, 6.07) is 10.4. The largest absolute Gasteiger partial charge is 0.351 e. The Kier molecular flexibility index (Phi) is 5.28. The first-order chi connectivity index (χ1) is 10.1. The van der Waals surface area contributed by atoms with E-state index in [0.717, 1.165) is 42.5 Å². The van der Waals surface area contributed by atoms with Crippen LogP contribution in [0.15, 0.2) is 30.3 Å². The highest BCUT2D eigenvalue weighted by Gasteiger charge is 2.09. The molecule has 0 unspecified atom stereocenters. The molecule has 0 spiro atoms. The van der Waals surface area contributed by atoms with Crippen LogP contribution in [0.4, 0.5) is 5.82 Å². The SMILES string of the molecule is CCN(Cc1cccc(C)n1)c1ccc(CNC)c(C)n1. The van der Waals surface area contributed by atoms with Crippen molar-refractivity contribution in [3.05, 3.63) is 53.0 Å². The average Bonchev–Trinajstić information content (AvgIpc) is 2.47. The summed E-state index contributed by atoms with van der Waals surface area (Å²) in [6.07, 6.45) is 0. The summed E-state index contributed by atoms with van der Waals surface area (Å²) >= 11 is 0. The smallest absolute Gasteiger partial charge is 0.129 e. The van der Waals surface area contributed by atoms with Gasteiger partial charge in [-0.1, -0.05) is 12.1 Å². The van der Waals surface area contributed by atoms with Gasteiger partial charge in [0.15, 0.2) is 0 Å². The third-order valence-electron chi connectivity index (χ3n) is 3.55. The van der Waals surface area contributed by atoms with E-state index in [4.69, 9.17) is 4.98 Å². The van der Waals surface area contributed by atoms with E-state index < -0.39 is 0 Å². The number of rotatable bonds is 6. The number of aryl methyl sites for hydroxylation is 2. The molecule has 2 aromatic heterocycles. The minimum atomic E-state index is 0.788. The molecule has 112 valence electrons. The first kappa shape index (κ1) is 15.4. The van der Waals surface area contributed by atoms with Gasteiger partial charge in [0, 0.05) is 24.5 Å². The van der Waals surface area contributed by atoms with Crippen molar-refractivity contribution in [3.63, 3.8) is 0 Å². The van der Waals surface area contributed by atoms with Gasteiger partial charge in [-0.3, -0.25) is 4.98 Å². The topological polar surface area (TPSA) is 41.1 Å². The standard InChI is InChI=1S/C17H24N4/c1-5-21(12-16-8-6-7-13(2)19-16)17-10-9-15(11-18-4)14(3)20-17/h6-10,18H,5,11-12H2,1-4H3. The fourth-order valence-corrected chi connectivity index (χ4v) is 2.37. The van der Waals surface area contributed by atoms with Crippen LogP contribution in [0, 0.1) is 13.8 Å². The zero-order valence-corrected chi connectivity index (χ0v) is 13.3. The van der Waals surface area contributed by atoms with Crippen molar-refractivity contribution in [2.24, 2.45) is 0 Å². The van der Waals surface area contributed by atoms with Crippen LogP contribution >= 0.6 is 0 Å². The molecule has 0 aromatic carbocycles. The Labute approximate surface area is 127 Å². The van der Waals surface area contributed by atoms with Crippen molar-refractivity contribution >= 4 is 5.82 Å². The normalized spacial score (nSPS) is 10.7. The van der Waals surface area contributed by atoms with Crippen LogP contribution in [0.1, 0.15) is 29.6 Å². The lowest BCUT2D eigenvalue weighted by Gasteiger charge is -2.22. The van der Waals surface area contributed by atoms with Crippen LogP contribution < -0.4 is 10.2 Å². The van der Waals surface area contributed by atoms with Gasteiger partial charge in [-0.05, 0) is 51.6 Å². The van der Waals surface area contributed by atoms with Gasteiger partial charge in [-0.25, -0.2) is 4.98 Å². The molecular weight excluding hydrogens is 260 g/mol. The van der Waals surface area contributed by atoms with Gasteiger partial charge in [-0.15, -0.1) is 0 Å². The van der Waals surface area contributed by atoms with Gasteiger partial charge >= 0.3 is 0 Å². The lowest BCUT2D eigenvalue weighted by Crippen LogP contribution is -2.24. The second-order valence-electron chi connectivity index (χ2n) is 5.23. The molecule has 2 rings (SSSR count). The summed E-state index contributed by atoms with van der Waals surface area (Å²) in [6.45, 7) is 8.78. The van der Waals surface area contributed by atoms with Crippen molar-refractivity contribution in [2.45, 2.75) is 33.9 Å². The Morgan fingerprint density at radius 2 is 1.90 bits per heavy atom. The average molecular weight is 284 g/mol. The van der Waals surface area contributed by atoms with E-state index in [0.29, 0.717) is 0 Å². The first-order valence-corrected chi connectivity index (χ1v) is 7.42. The molecule has 21 heavy (non-hydrogen) atoms. The molecule has 0 atom stereocenters. The molecule has 0 amide bonds. The molecule has 0 radical (unpaired) electrons. The summed E-state index contributed by atoms with van der Waals surface area (Å²) in [5.74, 6) is 1.01. The minimum Gasteiger partial charge on any atom is -0.351 e. The Balaban J connectivity index is 2.19. The van der Waals surface area contributed by atoms with Crippen molar-refractivity contribution in [1.82, 2.24) is 15.3 Å². The summed E-state index contributed by atoms with van der Waals surface area (Å²) in [4.78, 5) is 11.6. The molecule has 0 saturated heterocycles. The van der Waals surface area contributed by atoms with Gasteiger partial charge in [0.1, 0.15) is 5.82 Å². The number of hydrogen-bond acceptors (Lipinski definition) is 4. The highest BCUT2D eigenvalue weighted by molar-refractivity contribution is 5.42. The van der Waals surface area contributed by atoms with Crippen molar-refractivity contribution in [2.75, 3.05) is 18.5 Å². The molecule has 2 aromatic rings. The van der Waals surface area contributed by atoms with Crippen LogP contribution in [0.25, 0.3) is 0 Å². The fourth-order valence-electron chi connectivity index (χ4n) is 2.37. The van der Waals surface area contributed by atoms with Crippen molar-refractivity contribution in [1.29, 1.82) is 0 Å². The Morgan fingerprint density at radius 3 is 2.52 bits per heavy atom. The molecule has 1 N–H and O–H groups in total. The van der Waals surface area contributed by atoms with Crippen molar-refractivity contribution in [3.8, 4) is 0 Å². The second-order valence-corrected chi connectivity index (χ2v) is 5.23. The molecule has 0 saturated carbocycles.